The van der Waals surface area contributed by atoms with Crippen molar-refractivity contribution in [1.29, 1.82) is 5.26 Å². The Labute approximate surface area is 173 Å². The first-order chi connectivity index (χ1) is 14.1. The largest absolute Gasteiger partial charge is 0.367 e. The molecule has 150 valence electrons. The predicted molar refractivity (Wildman–Crippen MR) is 111 cm³/mol. The Balaban J connectivity index is 1.40. The number of benzene rings is 1. The predicted octanol–water partition coefficient (Wildman–Crippen LogP) is 1.84. The van der Waals surface area contributed by atoms with Gasteiger partial charge in [-0.1, -0.05) is 12.1 Å². The summed E-state index contributed by atoms with van der Waals surface area (Å²) in [6.07, 6.45) is 1.17. The average Bonchev–Trinajstić information content (AvgIpc) is 3.22. The molecule has 1 fully saturated rings. The second-order valence-electron chi connectivity index (χ2n) is 7.17. The fourth-order valence-corrected chi connectivity index (χ4v) is 4.54. The van der Waals surface area contributed by atoms with Crippen molar-refractivity contribution < 1.29 is 14.3 Å². The number of ether oxygens (including phenoxy) is 1. The molecule has 0 bridgehead atoms. The summed E-state index contributed by atoms with van der Waals surface area (Å²) in [7, 11) is 0. The Kier molecular flexibility index (Phi) is 5.90. The first-order valence-electron chi connectivity index (χ1n) is 9.66. The standard InChI is InChI=1S/C21H22N4O3S/c22-11-15(24-21(27)18-12-23-6-1-7-28-18)10-16-4-5-19(29-16)14-3-2-13-9-20(26)25-17(13)8-14/h2-5,8,15,18,23H,1,6-7,9-10,12H2,(H,24,27)(H,25,26). The van der Waals surface area contributed by atoms with Gasteiger partial charge in [-0.2, -0.15) is 5.26 Å². The Bertz CT molecular complexity index is 957. The number of thiophene rings is 1. The number of hydrogen-bond donors (Lipinski definition) is 3. The number of nitriles is 1. The van der Waals surface area contributed by atoms with Gasteiger partial charge in [0.05, 0.1) is 12.5 Å². The number of amides is 2. The van der Waals surface area contributed by atoms with Gasteiger partial charge in [0.1, 0.15) is 12.1 Å². The van der Waals surface area contributed by atoms with E-state index in [0.29, 0.717) is 26.0 Å². The van der Waals surface area contributed by atoms with E-state index in [9.17, 15) is 14.9 Å². The highest BCUT2D eigenvalue weighted by molar-refractivity contribution is 7.15. The van der Waals surface area contributed by atoms with Gasteiger partial charge in [-0.3, -0.25) is 9.59 Å². The van der Waals surface area contributed by atoms with E-state index in [4.69, 9.17) is 4.74 Å². The van der Waals surface area contributed by atoms with Crippen molar-refractivity contribution in [2.45, 2.75) is 31.4 Å². The van der Waals surface area contributed by atoms with Gasteiger partial charge in [-0.15, -0.1) is 11.3 Å². The zero-order valence-corrected chi connectivity index (χ0v) is 16.7. The van der Waals surface area contributed by atoms with Gasteiger partial charge < -0.3 is 20.7 Å². The van der Waals surface area contributed by atoms with E-state index in [-0.39, 0.29) is 11.8 Å². The van der Waals surface area contributed by atoms with Gasteiger partial charge >= 0.3 is 0 Å². The van der Waals surface area contributed by atoms with Gasteiger partial charge in [0.15, 0.2) is 0 Å². The molecule has 3 N–H and O–H groups in total. The second-order valence-corrected chi connectivity index (χ2v) is 8.34. The maximum absolute atomic E-state index is 12.4. The Morgan fingerprint density at radius 1 is 1.38 bits per heavy atom. The van der Waals surface area contributed by atoms with E-state index < -0.39 is 12.1 Å². The van der Waals surface area contributed by atoms with E-state index >= 15 is 0 Å². The molecule has 2 unspecified atom stereocenters. The topological polar surface area (TPSA) is 103 Å². The van der Waals surface area contributed by atoms with Crippen molar-refractivity contribution in [2.75, 3.05) is 25.0 Å². The van der Waals surface area contributed by atoms with Crippen LogP contribution >= 0.6 is 11.3 Å². The van der Waals surface area contributed by atoms with Crippen LogP contribution in [0.4, 0.5) is 5.69 Å². The molecule has 1 saturated heterocycles. The number of nitrogens with zero attached hydrogens (tertiary/aromatic N) is 1. The summed E-state index contributed by atoms with van der Waals surface area (Å²) in [4.78, 5) is 26.0. The molecule has 0 saturated carbocycles. The summed E-state index contributed by atoms with van der Waals surface area (Å²) < 4.78 is 5.56. The molecule has 3 heterocycles. The average molecular weight is 410 g/mol. The molecular weight excluding hydrogens is 388 g/mol. The third-order valence-corrected chi connectivity index (χ3v) is 6.15. The molecule has 8 heteroatoms. The molecule has 29 heavy (non-hydrogen) atoms. The van der Waals surface area contributed by atoms with E-state index in [1.54, 1.807) is 11.3 Å². The molecule has 0 spiro atoms. The van der Waals surface area contributed by atoms with Gasteiger partial charge in [0.25, 0.3) is 5.91 Å². The summed E-state index contributed by atoms with van der Waals surface area (Å²) in [6, 6.07) is 11.5. The normalized spacial score (nSPS) is 19.6. The van der Waals surface area contributed by atoms with Crippen LogP contribution < -0.4 is 16.0 Å². The molecule has 2 atom stereocenters. The number of rotatable bonds is 5. The van der Waals surface area contributed by atoms with E-state index in [0.717, 1.165) is 39.5 Å². The lowest BCUT2D eigenvalue weighted by molar-refractivity contribution is -0.132. The van der Waals surface area contributed by atoms with Crippen LogP contribution in [0.2, 0.25) is 0 Å². The summed E-state index contributed by atoms with van der Waals surface area (Å²) in [5.74, 6) is -0.235. The molecule has 2 aromatic rings. The van der Waals surface area contributed by atoms with Gasteiger partial charge in [-0.05, 0) is 42.3 Å². The number of carbonyl (C=O) groups is 2. The van der Waals surface area contributed by atoms with E-state index in [1.165, 1.54) is 0 Å². The number of hydrogen-bond acceptors (Lipinski definition) is 6. The van der Waals surface area contributed by atoms with Crippen LogP contribution in [-0.2, 0) is 27.2 Å². The fourth-order valence-electron chi connectivity index (χ4n) is 3.49. The molecule has 4 rings (SSSR count). The van der Waals surface area contributed by atoms with Crippen LogP contribution in [0.3, 0.4) is 0 Å². The maximum Gasteiger partial charge on any atom is 0.251 e. The summed E-state index contributed by atoms with van der Waals surface area (Å²) in [5.41, 5.74) is 2.90. The van der Waals surface area contributed by atoms with Crippen molar-refractivity contribution in [2.24, 2.45) is 0 Å². The van der Waals surface area contributed by atoms with Crippen molar-refractivity contribution in [3.05, 3.63) is 40.8 Å². The molecule has 1 aromatic carbocycles. The monoisotopic (exact) mass is 410 g/mol. The number of carbonyl (C=O) groups excluding carboxylic acids is 2. The third kappa shape index (κ3) is 4.65. The molecule has 0 aliphatic carbocycles. The van der Waals surface area contributed by atoms with Gasteiger partial charge in [-0.25, -0.2) is 0 Å². The Morgan fingerprint density at radius 3 is 3.14 bits per heavy atom. The lowest BCUT2D eigenvalue weighted by atomic mass is 10.1. The molecule has 2 amide bonds. The highest BCUT2D eigenvalue weighted by Crippen LogP contribution is 2.33. The van der Waals surface area contributed by atoms with Gasteiger partial charge in [0, 0.05) is 35.0 Å². The number of nitrogens with one attached hydrogen (secondary N) is 3. The van der Waals surface area contributed by atoms with Crippen LogP contribution in [0.1, 0.15) is 16.9 Å². The minimum absolute atomic E-state index is 0.0180. The maximum atomic E-state index is 12.4. The SMILES string of the molecule is N#CC(Cc1ccc(-c2ccc3c(c2)NC(=O)C3)s1)NC(=O)C1CNCCCO1. The molecule has 1 aromatic heterocycles. The van der Waals surface area contributed by atoms with Crippen LogP contribution in [0, 0.1) is 11.3 Å². The second kappa shape index (κ2) is 8.74. The lowest BCUT2D eigenvalue weighted by Crippen LogP contribution is -2.46. The fraction of sp³-hybridized carbons (Fsp3) is 0.381. The number of fused-ring (bicyclic) bond motifs is 1. The van der Waals surface area contributed by atoms with Crippen LogP contribution in [0.5, 0.6) is 0 Å². The molecule has 7 nitrogen and oxygen atoms in total. The highest BCUT2D eigenvalue weighted by Gasteiger charge is 2.24. The zero-order chi connectivity index (χ0) is 20.2. The van der Waals surface area contributed by atoms with Crippen LogP contribution in [0.25, 0.3) is 10.4 Å². The summed E-state index contributed by atoms with van der Waals surface area (Å²) >= 11 is 1.58. The van der Waals surface area contributed by atoms with E-state index in [1.807, 2.05) is 30.3 Å². The lowest BCUT2D eigenvalue weighted by Gasteiger charge is -2.17. The molecule has 0 radical (unpaired) electrons. The van der Waals surface area contributed by atoms with Crippen LogP contribution in [-0.4, -0.2) is 43.7 Å². The van der Waals surface area contributed by atoms with Crippen molar-refractivity contribution in [3.63, 3.8) is 0 Å². The van der Waals surface area contributed by atoms with Gasteiger partial charge in [0.2, 0.25) is 5.91 Å². The van der Waals surface area contributed by atoms with Crippen molar-refractivity contribution in [3.8, 4) is 16.5 Å². The molecule has 2 aliphatic heterocycles. The molecular formula is C21H22N4O3S. The minimum atomic E-state index is -0.611. The smallest absolute Gasteiger partial charge is 0.251 e. The zero-order valence-electron chi connectivity index (χ0n) is 15.9. The van der Waals surface area contributed by atoms with Crippen molar-refractivity contribution >= 4 is 28.8 Å². The number of anilines is 1. The van der Waals surface area contributed by atoms with Crippen LogP contribution in [0.15, 0.2) is 30.3 Å². The minimum Gasteiger partial charge on any atom is -0.367 e. The summed E-state index contributed by atoms with van der Waals surface area (Å²) in [6.45, 7) is 1.83. The summed E-state index contributed by atoms with van der Waals surface area (Å²) in [5, 5.41) is 18.3. The van der Waals surface area contributed by atoms with Crippen molar-refractivity contribution in [1.82, 2.24) is 10.6 Å². The first-order valence-corrected chi connectivity index (χ1v) is 10.5. The highest BCUT2D eigenvalue weighted by atomic mass is 32.1. The molecule has 2 aliphatic rings. The van der Waals surface area contributed by atoms with E-state index in [2.05, 4.69) is 22.0 Å². The Hall–Kier alpha value is -2.73. The quantitative estimate of drug-likeness (QED) is 0.698. The Morgan fingerprint density at radius 2 is 2.28 bits per heavy atom. The third-order valence-electron chi connectivity index (χ3n) is 5.00. The first kappa shape index (κ1) is 19.6.